The van der Waals surface area contributed by atoms with Crippen LogP contribution in [-0.4, -0.2) is 14.5 Å². The van der Waals surface area contributed by atoms with Crippen LogP contribution in [0, 0.1) is 5.92 Å². The smallest absolute Gasteiger partial charge is 0.238 e. The fraction of sp³-hybridized carbons (Fsp3) is 0.500. The van der Waals surface area contributed by atoms with Gasteiger partial charge in [0.1, 0.15) is 0 Å². The van der Waals surface area contributed by atoms with Gasteiger partial charge in [-0.05, 0) is 36.5 Å². The minimum atomic E-state index is -3.57. The molecule has 0 aromatic heterocycles. The highest BCUT2D eigenvalue weighted by Crippen LogP contribution is 2.26. The predicted molar refractivity (Wildman–Crippen MR) is 66.8 cm³/mol. The van der Waals surface area contributed by atoms with Crippen LogP contribution < -0.4 is 10.5 Å². The summed E-state index contributed by atoms with van der Waals surface area (Å²) in [5.41, 5.74) is 1.08. The molecule has 0 unspecified atom stereocenters. The van der Waals surface area contributed by atoms with Crippen molar-refractivity contribution in [2.75, 3.05) is 0 Å². The van der Waals surface area contributed by atoms with Crippen molar-refractivity contribution in [1.82, 2.24) is 5.32 Å². The van der Waals surface area contributed by atoms with Crippen LogP contribution in [0.5, 0.6) is 0 Å². The van der Waals surface area contributed by atoms with Crippen molar-refractivity contribution in [3.63, 3.8) is 0 Å². The van der Waals surface area contributed by atoms with Crippen molar-refractivity contribution in [2.24, 2.45) is 11.1 Å². The number of primary sulfonamides is 1. The first-order valence-electron chi connectivity index (χ1n) is 5.80. The topological polar surface area (TPSA) is 72.2 Å². The summed E-state index contributed by atoms with van der Waals surface area (Å²) in [7, 11) is -3.57. The van der Waals surface area contributed by atoms with E-state index < -0.39 is 10.0 Å². The first-order valence-corrected chi connectivity index (χ1v) is 7.35. The van der Waals surface area contributed by atoms with E-state index in [1.807, 2.05) is 0 Å². The lowest BCUT2D eigenvalue weighted by Gasteiger charge is -2.33. The lowest BCUT2D eigenvalue weighted by molar-refractivity contribution is 0.240. The number of nitrogens with one attached hydrogen (secondary N) is 1. The fourth-order valence-corrected chi connectivity index (χ4v) is 2.64. The quantitative estimate of drug-likeness (QED) is 0.848. The summed E-state index contributed by atoms with van der Waals surface area (Å²) in [5, 5.41) is 8.47. The Balaban J connectivity index is 1.90. The van der Waals surface area contributed by atoms with Crippen molar-refractivity contribution >= 4 is 10.0 Å². The van der Waals surface area contributed by atoms with Gasteiger partial charge in [-0.1, -0.05) is 19.1 Å². The summed E-state index contributed by atoms with van der Waals surface area (Å²) in [6, 6.07) is 7.32. The Hall–Kier alpha value is -0.910. The van der Waals surface area contributed by atoms with Crippen molar-refractivity contribution < 1.29 is 8.42 Å². The molecular formula is C12H18N2O2S. The Morgan fingerprint density at radius 2 is 1.88 bits per heavy atom. The highest BCUT2D eigenvalue weighted by atomic mass is 32.2. The van der Waals surface area contributed by atoms with Crippen molar-refractivity contribution in [3.8, 4) is 0 Å². The molecule has 94 valence electrons. The fourth-order valence-electron chi connectivity index (χ4n) is 2.13. The molecule has 1 aliphatic rings. The summed E-state index contributed by atoms with van der Waals surface area (Å²) in [5.74, 6) is 0.831. The molecule has 0 aliphatic heterocycles. The Bertz CT molecular complexity index is 476. The normalized spacial score (nSPS) is 24.4. The van der Waals surface area contributed by atoms with Gasteiger partial charge in [-0.15, -0.1) is 0 Å². The van der Waals surface area contributed by atoms with Crippen molar-refractivity contribution in [1.29, 1.82) is 0 Å². The molecule has 17 heavy (non-hydrogen) atoms. The maximum Gasteiger partial charge on any atom is 0.238 e. The molecule has 1 fully saturated rings. The third-order valence-corrected chi connectivity index (χ3v) is 4.15. The van der Waals surface area contributed by atoms with E-state index in [0.717, 1.165) is 18.0 Å². The van der Waals surface area contributed by atoms with E-state index in [1.165, 1.54) is 12.8 Å². The Kier molecular flexibility index (Phi) is 3.51. The second kappa shape index (κ2) is 4.76. The minimum absolute atomic E-state index is 0.165. The molecule has 4 nitrogen and oxygen atoms in total. The third-order valence-electron chi connectivity index (χ3n) is 3.22. The lowest BCUT2D eigenvalue weighted by Crippen LogP contribution is -2.39. The van der Waals surface area contributed by atoms with Crippen LogP contribution in [0.25, 0.3) is 0 Å². The van der Waals surface area contributed by atoms with Gasteiger partial charge in [0.05, 0.1) is 4.90 Å². The van der Waals surface area contributed by atoms with Gasteiger partial charge >= 0.3 is 0 Å². The molecule has 0 bridgehead atoms. The van der Waals surface area contributed by atoms with Gasteiger partial charge in [-0.2, -0.15) is 0 Å². The molecule has 0 spiro atoms. The van der Waals surface area contributed by atoms with E-state index in [2.05, 4.69) is 12.2 Å². The Morgan fingerprint density at radius 1 is 1.29 bits per heavy atom. The summed E-state index contributed by atoms with van der Waals surface area (Å²) in [6.07, 6.45) is 2.46. The first kappa shape index (κ1) is 12.5. The number of benzene rings is 1. The van der Waals surface area contributed by atoms with E-state index in [0.29, 0.717) is 6.04 Å². The molecule has 0 heterocycles. The zero-order valence-electron chi connectivity index (χ0n) is 9.89. The van der Waals surface area contributed by atoms with E-state index in [9.17, 15) is 8.42 Å². The van der Waals surface area contributed by atoms with Crippen molar-refractivity contribution in [2.45, 2.75) is 37.2 Å². The Morgan fingerprint density at radius 3 is 2.35 bits per heavy atom. The van der Waals surface area contributed by atoms with E-state index in [1.54, 1.807) is 24.3 Å². The molecule has 1 aliphatic carbocycles. The molecule has 0 amide bonds. The third kappa shape index (κ3) is 3.28. The average molecular weight is 254 g/mol. The van der Waals surface area contributed by atoms with E-state index >= 15 is 0 Å². The second-order valence-corrected chi connectivity index (χ2v) is 6.40. The number of sulfonamides is 1. The largest absolute Gasteiger partial charge is 0.310 e. The molecule has 1 aromatic carbocycles. The molecule has 3 N–H and O–H groups in total. The van der Waals surface area contributed by atoms with Crippen LogP contribution in [0.2, 0.25) is 0 Å². The van der Waals surface area contributed by atoms with Gasteiger partial charge in [0.15, 0.2) is 0 Å². The molecule has 5 heteroatoms. The Labute approximate surface area is 102 Å². The number of hydrogen-bond donors (Lipinski definition) is 2. The van der Waals surface area contributed by atoms with E-state index in [-0.39, 0.29) is 4.90 Å². The first-order chi connectivity index (χ1) is 7.95. The molecule has 1 saturated carbocycles. The van der Waals surface area contributed by atoms with Crippen LogP contribution in [0.15, 0.2) is 29.2 Å². The SMILES string of the molecule is CC1CC(NCc2ccc(S(N)(=O)=O)cc2)C1. The average Bonchev–Trinajstić information content (AvgIpc) is 2.22. The van der Waals surface area contributed by atoms with Crippen LogP contribution >= 0.6 is 0 Å². The maximum atomic E-state index is 11.1. The van der Waals surface area contributed by atoms with Gasteiger partial charge in [-0.25, -0.2) is 13.6 Å². The van der Waals surface area contributed by atoms with Crippen molar-refractivity contribution in [3.05, 3.63) is 29.8 Å². The second-order valence-electron chi connectivity index (χ2n) is 4.84. The zero-order chi connectivity index (χ0) is 12.5. The molecule has 0 radical (unpaired) electrons. The summed E-state index contributed by atoms with van der Waals surface area (Å²) in [4.78, 5) is 0.165. The maximum absolute atomic E-state index is 11.1. The molecule has 1 aromatic rings. The number of hydrogen-bond acceptors (Lipinski definition) is 3. The number of nitrogens with two attached hydrogens (primary N) is 1. The lowest BCUT2D eigenvalue weighted by atomic mass is 9.82. The van der Waals surface area contributed by atoms with Crippen LogP contribution in [0.1, 0.15) is 25.3 Å². The van der Waals surface area contributed by atoms with E-state index in [4.69, 9.17) is 5.14 Å². The molecule has 0 atom stereocenters. The van der Waals surface area contributed by atoms with Gasteiger partial charge in [0.2, 0.25) is 10.0 Å². The van der Waals surface area contributed by atoms with Gasteiger partial charge in [-0.3, -0.25) is 0 Å². The summed E-state index contributed by atoms with van der Waals surface area (Å²) in [6.45, 7) is 3.03. The molecular weight excluding hydrogens is 236 g/mol. The monoisotopic (exact) mass is 254 g/mol. The minimum Gasteiger partial charge on any atom is -0.310 e. The van der Waals surface area contributed by atoms with Crippen LogP contribution in [0.4, 0.5) is 0 Å². The molecule has 0 saturated heterocycles. The zero-order valence-corrected chi connectivity index (χ0v) is 10.7. The standard InChI is InChI=1S/C12H18N2O2S/c1-9-6-11(7-9)14-8-10-2-4-12(5-3-10)17(13,15)16/h2-5,9,11,14H,6-8H2,1H3,(H2,13,15,16). The molecule has 2 rings (SSSR count). The summed E-state index contributed by atoms with van der Waals surface area (Å²) >= 11 is 0. The highest BCUT2D eigenvalue weighted by molar-refractivity contribution is 7.89. The van der Waals surface area contributed by atoms with Crippen LogP contribution in [-0.2, 0) is 16.6 Å². The van der Waals surface area contributed by atoms with Crippen LogP contribution in [0.3, 0.4) is 0 Å². The van der Waals surface area contributed by atoms with Gasteiger partial charge in [0.25, 0.3) is 0 Å². The van der Waals surface area contributed by atoms with Gasteiger partial charge < -0.3 is 5.32 Å². The highest BCUT2D eigenvalue weighted by Gasteiger charge is 2.24. The predicted octanol–water partition coefficient (Wildman–Crippen LogP) is 1.22. The number of rotatable bonds is 4. The van der Waals surface area contributed by atoms with Gasteiger partial charge in [0, 0.05) is 12.6 Å². The summed E-state index contributed by atoms with van der Waals surface area (Å²) < 4.78 is 22.1.